The first kappa shape index (κ1) is 14.6. The number of pyridine rings is 1. The second-order valence-electron chi connectivity index (χ2n) is 7.05. The Kier molecular flexibility index (Phi) is 3.37. The van der Waals surface area contributed by atoms with E-state index in [2.05, 4.69) is 27.2 Å². The van der Waals surface area contributed by atoms with Crippen LogP contribution < -0.4 is 5.32 Å². The number of carbonyl (C=O) groups is 1. The molecule has 23 heavy (non-hydrogen) atoms. The molecule has 0 spiro atoms. The molecule has 2 unspecified atom stereocenters. The lowest BCUT2D eigenvalue weighted by atomic mass is 10.1. The molecular formula is C17H23N5O. The molecule has 3 heterocycles. The number of nitrogens with one attached hydrogen (secondary N) is 1. The van der Waals surface area contributed by atoms with Crippen molar-refractivity contribution in [2.45, 2.75) is 38.8 Å². The van der Waals surface area contributed by atoms with Crippen LogP contribution in [0.25, 0.3) is 11.0 Å². The highest BCUT2D eigenvalue weighted by molar-refractivity contribution is 5.97. The molecule has 1 saturated carbocycles. The van der Waals surface area contributed by atoms with Gasteiger partial charge < -0.3 is 5.32 Å². The number of aryl methyl sites for hydroxylation is 2. The SMILES string of the molecule is Cc1nn(C)c2ncc(C(=O)NC3CN(C4CC4)CC3C)cc12. The summed E-state index contributed by atoms with van der Waals surface area (Å²) in [5.41, 5.74) is 2.33. The molecule has 0 radical (unpaired) electrons. The summed E-state index contributed by atoms with van der Waals surface area (Å²) in [6.45, 7) is 6.23. The summed E-state index contributed by atoms with van der Waals surface area (Å²) in [7, 11) is 1.87. The molecule has 6 heteroatoms. The molecule has 2 aliphatic rings. The first-order valence-electron chi connectivity index (χ1n) is 8.37. The Labute approximate surface area is 135 Å². The first-order valence-corrected chi connectivity index (χ1v) is 8.37. The maximum Gasteiger partial charge on any atom is 0.253 e. The van der Waals surface area contributed by atoms with Crippen LogP contribution in [0.2, 0.25) is 0 Å². The fourth-order valence-corrected chi connectivity index (χ4v) is 3.61. The third-order valence-corrected chi connectivity index (χ3v) is 5.15. The molecule has 2 aromatic heterocycles. The topological polar surface area (TPSA) is 63.1 Å². The lowest BCUT2D eigenvalue weighted by molar-refractivity contribution is 0.0931. The summed E-state index contributed by atoms with van der Waals surface area (Å²) in [5, 5.41) is 8.50. The molecule has 6 nitrogen and oxygen atoms in total. The zero-order valence-electron chi connectivity index (χ0n) is 13.9. The second kappa shape index (κ2) is 5.30. The lowest BCUT2D eigenvalue weighted by Crippen LogP contribution is -2.40. The molecule has 0 aromatic carbocycles. The molecule has 1 saturated heterocycles. The summed E-state index contributed by atoms with van der Waals surface area (Å²) in [4.78, 5) is 19.5. The van der Waals surface area contributed by atoms with Gasteiger partial charge in [0.1, 0.15) is 0 Å². The number of rotatable bonds is 3. The van der Waals surface area contributed by atoms with Crippen molar-refractivity contribution in [3.05, 3.63) is 23.5 Å². The monoisotopic (exact) mass is 313 g/mol. The summed E-state index contributed by atoms with van der Waals surface area (Å²) in [6.07, 6.45) is 4.28. The van der Waals surface area contributed by atoms with Gasteiger partial charge in [-0.25, -0.2) is 4.98 Å². The Morgan fingerprint density at radius 2 is 2.13 bits per heavy atom. The van der Waals surface area contributed by atoms with Gasteiger partial charge in [0, 0.05) is 43.8 Å². The maximum absolute atomic E-state index is 12.6. The number of hydrogen-bond acceptors (Lipinski definition) is 4. The van der Waals surface area contributed by atoms with E-state index in [1.807, 2.05) is 20.0 Å². The Hall–Kier alpha value is -1.95. The summed E-state index contributed by atoms with van der Waals surface area (Å²) < 4.78 is 1.75. The predicted molar refractivity (Wildman–Crippen MR) is 88.3 cm³/mol. The standard InChI is InChI=1S/C17H23N5O/c1-10-8-22(13-4-5-13)9-15(10)19-17(23)12-6-14-11(2)20-21(3)16(14)18-7-12/h6-7,10,13,15H,4-5,8-9H2,1-3H3,(H,19,23). The van der Waals surface area contributed by atoms with Crippen LogP contribution in [0.1, 0.15) is 35.8 Å². The Balaban J connectivity index is 1.51. The fraction of sp³-hybridized carbons (Fsp3) is 0.588. The van der Waals surface area contributed by atoms with Gasteiger partial charge in [-0.15, -0.1) is 0 Å². The van der Waals surface area contributed by atoms with Crippen LogP contribution in [-0.2, 0) is 7.05 Å². The van der Waals surface area contributed by atoms with Gasteiger partial charge in [-0.2, -0.15) is 5.10 Å². The van der Waals surface area contributed by atoms with E-state index in [0.717, 1.165) is 35.9 Å². The molecule has 2 atom stereocenters. The van der Waals surface area contributed by atoms with E-state index in [4.69, 9.17) is 0 Å². The highest BCUT2D eigenvalue weighted by atomic mass is 16.1. The molecule has 1 N–H and O–H groups in total. The van der Waals surface area contributed by atoms with E-state index in [-0.39, 0.29) is 11.9 Å². The lowest BCUT2D eigenvalue weighted by Gasteiger charge is -2.17. The molecule has 1 amide bonds. The number of carbonyl (C=O) groups excluding carboxylic acids is 1. The minimum atomic E-state index is -0.0304. The Morgan fingerprint density at radius 3 is 2.87 bits per heavy atom. The van der Waals surface area contributed by atoms with Crippen LogP contribution in [0.15, 0.2) is 12.3 Å². The first-order chi connectivity index (χ1) is 11.0. The molecule has 1 aliphatic heterocycles. The van der Waals surface area contributed by atoms with Crippen LogP contribution in [-0.4, -0.2) is 50.7 Å². The van der Waals surface area contributed by atoms with E-state index >= 15 is 0 Å². The van der Waals surface area contributed by atoms with Crippen LogP contribution >= 0.6 is 0 Å². The average Bonchev–Trinajstić information content (AvgIpc) is 3.26. The zero-order chi connectivity index (χ0) is 16.1. The van der Waals surface area contributed by atoms with Gasteiger partial charge in [-0.1, -0.05) is 6.92 Å². The van der Waals surface area contributed by atoms with Crippen LogP contribution in [0.3, 0.4) is 0 Å². The highest BCUT2D eigenvalue weighted by Crippen LogP contribution is 2.31. The van der Waals surface area contributed by atoms with Crippen LogP contribution in [0.5, 0.6) is 0 Å². The third-order valence-electron chi connectivity index (χ3n) is 5.15. The number of hydrogen-bond donors (Lipinski definition) is 1. The zero-order valence-corrected chi connectivity index (χ0v) is 13.9. The van der Waals surface area contributed by atoms with E-state index in [1.165, 1.54) is 12.8 Å². The summed E-state index contributed by atoms with van der Waals surface area (Å²) in [5.74, 6) is 0.466. The maximum atomic E-state index is 12.6. The van der Waals surface area contributed by atoms with Gasteiger partial charge in [0.05, 0.1) is 11.3 Å². The van der Waals surface area contributed by atoms with Crippen molar-refractivity contribution in [1.29, 1.82) is 0 Å². The van der Waals surface area contributed by atoms with Crippen molar-refractivity contribution < 1.29 is 4.79 Å². The van der Waals surface area contributed by atoms with E-state index in [0.29, 0.717) is 11.5 Å². The van der Waals surface area contributed by atoms with Crippen molar-refractivity contribution in [2.75, 3.05) is 13.1 Å². The van der Waals surface area contributed by atoms with Crippen molar-refractivity contribution in [2.24, 2.45) is 13.0 Å². The predicted octanol–water partition coefficient (Wildman–Crippen LogP) is 1.49. The number of aromatic nitrogens is 3. The highest BCUT2D eigenvalue weighted by Gasteiger charge is 2.38. The quantitative estimate of drug-likeness (QED) is 0.932. The third kappa shape index (κ3) is 2.61. The number of nitrogens with zero attached hydrogens (tertiary/aromatic N) is 4. The van der Waals surface area contributed by atoms with E-state index in [9.17, 15) is 4.79 Å². The molecule has 2 fully saturated rings. The molecule has 0 bridgehead atoms. The second-order valence-corrected chi connectivity index (χ2v) is 7.05. The molecule has 122 valence electrons. The normalized spacial score (nSPS) is 25.2. The Bertz CT molecular complexity index is 764. The van der Waals surface area contributed by atoms with E-state index < -0.39 is 0 Å². The van der Waals surface area contributed by atoms with Gasteiger partial charge in [0.15, 0.2) is 5.65 Å². The smallest absolute Gasteiger partial charge is 0.253 e. The van der Waals surface area contributed by atoms with Crippen molar-refractivity contribution in [3.63, 3.8) is 0 Å². The van der Waals surface area contributed by atoms with Gasteiger partial charge in [0.25, 0.3) is 5.91 Å². The summed E-state index contributed by atoms with van der Waals surface area (Å²) >= 11 is 0. The molecule has 2 aromatic rings. The van der Waals surface area contributed by atoms with Gasteiger partial charge >= 0.3 is 0 Å². The van der Waals surface area contributed by atoms with Crippen LogP contribution in [0, 0.1) is 12.8 Å². The molecule has 1 aliphatic carbocycles. The number of amides is 1. The molecule has 4 rings (SSSR count). The average molecular weight is 313 g/mol. The fourth-order valence-electron chi connectivity index (χ4n) is 3.61. The molecular weight excluding hydrogens is 290 g/mol. The minimum Gasteiger partial charge on any atom is -0.348 e. The number of likely N-dealkylation sites (tertiary alicyclic amines) is 1. The van der Waals surface area contributed by atoms with Gasteiger partial charge in [0.2, 0.25) is 0 Å². The minimum absolute atomic E-state index is 0.0304. The van der Waals surface area contributed by atoms with Crippen molar-refractivity contribution in [3.8, 4) is 0 Å². The number of fused-ring (bicyclic) bond motifs is 1. The Morgan fingerprint density at radius 1 is 1.35 bits per heavy atom. The largest absolute Gasteiger partial charge is 0.348 e. The summed E-state index contributed by atoms with van der Waals surface area (Å²) in [6, 6.07) is 2.89. The van der Waals surface area contributed by atoms with Crippen LogP contribution in [0.4, 0.5) is 0 Å². The van der Waals surface area contributed by atoms with Gasteiger partial charge in [-0.05, 0) is 31.7 Å². The van der Waals surface area contributed by atoms with Crippen molar-refractivity contribution in [1.82, 2.24) is 25.0 Å². The van der Waals surface area contributed by atoms with E-state index in [1.54, 1.807) is 10.9 Å². The van der Waals surface area contributed by atoms with Gasteiger partial charge in [-0.3, -0.25) is 14.4 Å². The van der Waals surface area contributed by atoms with Crippen molar-refractivity contribution >= 4 is 16.9 Å².